The molecule has 0 radical (unpaired) electrons. The molecule has 0 unspecified atom stereocenters. The zero-order valence-electron chi connectivity index (χ0n) is 15.2. The lowest BCUT2D eigenvalue weighted by Crippen LogP contribution is -2.32. The molecular formula is C19H20F2N2O4. The summed E-state index contributed by atoms with van der Waals surface area (Å²) < 4.78 is 36.8. The maximum atomic E-state index is 13.4. The highest BCUT2D eigenvalue weighted by molar-refractivity contribution is 5.95. The van der Waals surface area contributed by atoms with E-state index in [1.165, 1.54) is 32.1 Å². The van der Waals surface area contributed by atoms with E-state index in [9.17, 15) is 18.4 Å². The first-order valence-corrected chi connectivity index (χ1v) is 8.10. The summed E-state index contributed by atoms with van der Waals surface area (Å²) in [5.41, 5.74) is 0.681. The van der Waals surface area contributed by atoms with E-state index in [1.54, 1.807) is 18.2 Å². The van der Waals surface area contributed by atoms with Crippen LogP contribution in [0.5, 0.6) is 11.5 Å². The number of amides is 2. The fraction of sp³-hybridized carbons (Fsp3) is 0.263. The number of hydrogen-bond acceptors (Lipinski definition) is 4. The molecule has 1 N–H and O–H groups in total. The second-order valence-corrected chi connectivity index (χ2v) is 5.64. The van der Waals surface area contributed by atoms with Gasteiger partial charge in [-0.3, -0.25) is 9.59 Å². The number of anilines is 2. The topological polar surface area (TPSA) is 67.9 Å². The van der Waals surface area contributed by atoms with Gasteiger partial charge >= 0.3 is 0 Å². The molecule has 144 valence electrons. The number of benzene rings is 2. The molecule has 8 heteroatoms. The number of nitrogens with zero attached hydrogens (tertiary/aromatic N) is 1. The molecule has 6 nitrogen and oxygen atoms in total. The summed E-state index contributed by atoms with van der Waals surface area (Å²) in [4.78, 5) is 25.2. The number of carbonyl (C=O) groups excluding carboxylic acids is 2. The van der Waals surface area contributed by atoms with Crippen LogP contribution in [0.4, 0.5) is 20.2 Å². The standard InChI is InChI=1S/C19H20F2N2O4/c1-12(24)23(14-5-6-15(20)16(21)11-14)9-8-19(25)22-13-4-7-17(26-2)18(10-13)27-3/h4-7,10-11H,8-9H2,1-3H3,(H,22,25). The van der Waals surface area contributed by atoms with Gasteiger partial charge in [0.1, 0.15) is 0 Å². The Kier molecular flexibility index (Phi) is 6.70. The maximum absolute atomic E-state index is 13.4. The molecule has 0 fully saturated rings. The van der Waals surface area contributed by atoms with Crippen LogP contribution in [0.1, 0.15) is 13.3 Å². The van der Waals surface area contributed by atoms with Crippen molar-refractivity contribution in [2.45, 2.75) is 13.3 Å². The van der Waals surface area contributed by atoms with Crippen molar-refractivity contribution in [2.24, 2.45) is 0 Å². The van der Waals surface area contributed by atoms with E-state index >= 15 is 0 Å². The minimum Gasteiger partial charge on any atom is -0.493 e. The lowest BCUT2D eigenvalue weighted by molar-refractivity contribution is -0.117. The number of methoxy groups -OCH3 is 2. The van der Waals surface area contributed by atoms with Crippen molar-refractivity contribution in [2.75, 3.05) is 31.0 Å². The van der Waals surface area contributed by atoms with Crippen LogP contribution in [0.3, 0.4) is 0 Å². The van der Waals surface area contributed by atoms with E-state index in [0.29, 0.717) is 17.2 Å². The van der Waals surface area contributed by atoms with Gasteiger partial charge in [-0.2, -0.15) is 0 Å². The monoisotopic (exact) mass is 378 g/mol. The van der Waals surface area contributed by atoms with Crippen LogP contribution in [0.15, 0.2) is 36.4 Å². The molecule has 0 saturated heterocycles. The molecule has 2 rings (SSSR count). The van der Waals surface area contributed by atoms with Crippen LogP contribution < -0.4 is 19.7 Å². The SMILES string of the molecule is COc1ccc(NC(=O)CCN(C(C)=O)c2ccc(F)c(F)c2)cc1OC. The summed E-state index contributed by atoms with van der Waals surface area (Å²) in [6.45, 7) is 1.30. The molecule has 0 aliphatic rings. The van der Waals surface area contributed by atoms with Gasteiger partial charge in [-0.05, 0) is 24.3 Å². The van der Waals surface area contributed by atoms with E-state index < -0.39 is 11.6 Å². The zero-order chi connectivity index (χ0) is 20.0. The summed E-state index contributed by atoms with van der Waals surface area (Å²) >= 11 is 0. The molecule has 2 amide bonds. The van der Waals surface area contributed by atoms with Gasteiger partial charge in [0.15, 0.2) is 23.1 Å². The number of carbonyl (C=O) groups is 2. The van der Waals surface area contributed by atoms with Crippen LogP contribution in [-0.4, -0.2) is 32.6 Å². The fourth-order valence-electron chi connectivity index (χ4n) is 2.47. The first-order chi connectivity index (χ1) is 12.8. The molecule has 2 aromatic carbocycles. The van der Waals surface area contributed by atoms with Crippen molar-refractivity contribution >= 4 is 23.2 Å². The quantitative estimate of drug-likeness (QED) is 0.802. The molecule has 2 aromatic rings. The van der Waals surface area contributed by atoms with Gasteiger partial charge in [-0.25, -0.2) is 8.78 Å². The van der Waals surface area contributed by atoms with E-state index in [-0.39, 0.29) is 30.5 Å². The Morgan fingerprint density at radius 3 is 2.30 bits per heavy atom. The number of rotatable bonds is 7. The van der Waals surface area contributed by atoms with E-state index in [1.807, 2.05) is 0 Å². The summed E-state index contributed by atoms with van der Waals surface area (Å²) in [6, 6.07) is 8.04. The Labute approximate surface area is 155 Å². The molecule has 0 saturated carbocycles. The zero-order valence-corrected chi connectivity index (χ0v) is 15.2. The van der Waals surface area contributed by atoms with Gasteiger partial charge < -0.3 is 19.7 Å². The summed E-state index contributed by atoms with van der Waals surface area (Å²) in [6.07, 6.45) is -0.0348. The van der Waals surface area contributed by atoms with Crippen LogP contribution in [0.2, 0.25) is 0 Å². The third-order valence-electron chi connectivity index (χ3n) is 3.82. The molecule has 0 aromatic heterocycles. The molecule has 0 spiro atoms. The van der Waals surface area contributed by atoms with Gasteiger partial charge in [-0.1, -0.05) is 0 Å². The predicted molar refractivity (Wildman–Crippen MR) is 97.2 cm³/mol. The first-order valence-electron chi connectivity index (χ1n) is 8.10. The molecule has 0 heterocycles. The van der Waals surface area contributed by atoms with Crippen molar-refractivity contribution in [3.05, 3.63) is 48.0 Å². The summed E-state index contributed by atoms with van der Waals surface area (Å²) in [5.74, 6) is -1.82. The number of halogens is 2. The van der Waals surface area contributed by atoms with Crippen LogP contribution in [0, 0.1) is 11.6 Å². The molecule has 0 aliphatic heterocycles. The van der Waals surface area contributed by atoms with Crippen LogP contribution >= 0.6 is 0 Å². The number of nitrogens with one attached hydrogen (secondary N) is 1. The lowest BCUT2D eigenvalue weighted by atomic mass is 10.2. The Balaban J connectivity index is 2.04. The number of hydrogen-bond donors (Lipinski definition) is 1. The smallest absolute Gasteiger partial charge is 0.226 e. The van der Waals surface area contributed by atoms with Crippen molar-refractivity contribution in [1.82, 2.24) is 0 Å². The van der Waals surface area contributed by atoms with Crippen molar-refractivity contribution in [1.29, 1.82) is 0 Å². The fourth-order valence-corrected chi connectivity index (χ4v) is 2.47. The third kappa shape index (κ3) is 5.16. The van der Waals surface area contributed by atoms with Gasteiger partial charge in [0.25, 0.3) is 0 Å². The molecule has 27 heavy (non-hydrogen) atoms. The Morgan fingerprint density at radius 2 is 1.70 bits per heavy atom. The van der Waals surface area contributed by atoms with E-state index in [0.717, 1.165) is 12.1 Å². The average molecular weight is 378 g/mol. The molecule has 0 bridgehead atoms. The first kappa shape index (κ1) is 20.2. The predicted octanol–water partition coefficient (Wildman–Crippen LogP) is 3.36. The highest BCUT2D eigenvalue weighted by Crippen LogP contribution is 2.29. The van der Waals surface area contributed by atoms with Crippen molar-refractivity contribution in [3.63, 3.8) is 0 Å². The van der Waals surface area contributed by atoms with Crippen molar-refractivity contribution in [3.8, 4) is 11.5 Å². The van der Waals surface area contributed by atoms with Crippen molar-refractivity contribution < 1.29 is 27.8 Å². The van der Waals surface area contributed by atoms with E-state index in [2.05, 4.69) is 5.32 Å². The largest absolute Gasteiger partial charge is 0.493 e. The number of ether oxygens (including phenoxy) is 2. The highest BCUT2D eigenvalue weighted by Gasteiger charge is 2.16. The van der Waals surface area contributed by atoms with Crippen LogP contribution in [-0.2, 0) is 9.59 Å². The molecular weight excluding hydrogens is 358 g/mol. The van der Waals surface area contributed by atoms with E-state index in [4.69, 9.17) is 9.47 Å². The molecule has 0 atom stereocenters. The minimum absolute atomic E-state index is 0.0134. The lowest BCUT2D eigenvalue weighted by Gasteiger charge is -2.21. The summed E-state index contributed by atoms with van der Waals surface area (Å²) in [7, 11) is 2.99. The Bertz CT molecular complexity index is 842. The molecule has 0 aliphatic carbocycles. The average Bonchev–Trinajstić information content (AvgIpc) is 2.64. The Hall–Kier alpha value is -3.16. The van der Waals surface area contributed by atoms with Gasteiger partial charge in [-0.15, -0.1) is 0 Å². The normalized spacial score (nSPS) is 10.3. The van der Waals surface area contributed by atoms with Crippen LogP contribution in [0.25, 0.3) is 0 Å². The Morgan fingerprint density at radius 1 is 1.00 bits per heavy atom. The van der Waals surface area contributed by atoms with Gasteiger partial charge in [0.2, 0.25) is 11.8 Å². The maximum Gasteiger partial charge on any atom is 0.226 e. The third-order valence-corrected chi connectivity index (χ3v) is 3.82. The highest BCUT2D eigenvalue weighted by atomic mass is 19.2. The second kappa shape index (κ2) is 8.98. The van der Waals surface area contributed by atoms with Gasteiger partial charge in [0, 0.05) is 43.4 Å². The minimum atomic E-state index is -1.06. The second-order valence-electron chi connectivity index (χ2n) is 5.64. The van der Waals surface area contributed by atoms with Gasteiger partial charge in [0.05, 0.1) is 14.2 Å². The summed E-state index contributed by atoms with van der Waals surface area (Å²) in [5, 5.41) is 2.69.